The van der Waals surface area contributed by atoms with Crippen molar-refractivity contribution in [3.05, 3.63) is 23.8 Å². The molecule has 0 aliphatic rings. The molecule has 1 rings (SSSR count). The third-order valence-electron chi connectivity index (χ3n) is 3.02. The van der Waals surface area contributed by atoms with E-state index in [1.807, 2.05) is 0 Å². The number of unbranched alkanes of at least 4 members (excludes halogenated alkanes) is 2. The Morgan fingerprint density at radius 1 is 1.33 bits per heavy atom. The summed E-state index contributed by atoms with van der Waals surface area (Å²) in [6.45, 7) is 4.32. The lowest BCUT2D eigenvalue weighted by molar-refractivity contribution is -0.127. The summed E-state index contributed by atoms with van der Waals surface area (Å²) in [5, 5.41) is 2.79. The van der Waals surface area contributed by atoms with Gasteiger partial charge in [-0.15, -0.1) is 0 Å². The quantitative estimate of drug-likeness (QED) is 0.498. The zero-order chi connectivity index (χ0) is 15.8. The van der Waals surface area contributed by atoms with Gasteiger partial charge < -0.3 is 21.5 Å². The lowest BCUT2D eigenvalue weighted by atomic mass is 10.1. The Morgan fingerprint density at radius 2 is 2.05 bits per heavy atom. The number of carbonyl (C=O) groups excluding carboxylic acids is 2. The van der Waals surface area contributed by atoms with Crippen LogP contribution in [0.5, 0.6) is 5.75 Å². The molecule has 0 heterocycles. The number of benzene rings is 1. The number of amides is 2. The Labute approximate surface area is 124 Å². The molecule has 0 bridgehead atoms. The standard InChI is InChI=1S/C15H23N3O3/c1-3-4-5-8-18-15(20)10(2)21-13-9-11(16)6-7-12(13)14(17)19/h6-7,9-10H,3-5,8,16H2,1-2H3,(H2,17,19)(H,18,20). The number of primary amides is 1. The van der Waals surface area contributed by atoms with Gasteiger partial charge in [-0.05, 0) is 25.5 Å². The molecule has 0 radical (unpaired) electrons. The fraction of sp³-hybridized carbons (Fsp3) is 0.467. The molecule has 1 aromatic carbocycles. The van der Waals surface area contributed by atoms with Crippen molar-refractivity contribution < 1.29 is 14.3 Å². The van der Waals surface area contributed by atoms with Gasteiger partial charge in [0.25, 0.3) is 11.8 Å². The minimum absolute atomic E-state index is 0.204. The highest BCUT2D eigenvalue weighted by molar-refractivity contribution is 5.96. The van der Waals surface area contributed by atoms with Crippen LogP contribution >= 0.6 is 0 Å². The summed E-state index contributed by atoms with van der Waals surface area (Å²) in [4.78, 5) is 23.2. The summed E-state index contributed by atoms with van der Waals surface area (Å²) in [7, 11) is 0. The number of nitrogens with one attached hydrogen (secondary N) is 1. The second-order valence-corrected chi connectivity index (χ2v) is 4.88. The van der Waals surface area contributed by atoms with Crippen LogP contribution in [-0.4, -0.2) is 24.5 Å². The van der Waals surface area contributed by atoms with Gasteiger partial charge in [-0.3, -0.25) is 9.59 Å². The largest absolute Gasteiger partial charge is 0.480 e. The third-order valence-corrected chi connectivity index (χ3v) is 3.02. The monoisotopic (exact) mass is 293 g/mol. The van der Waals surface area contributed by atoms with E-state index >= 15 is 0 Å². The highest BCUT2D eigenvalue weighted by atomic mass is 16.5. The molecule has 116 valence electrons. The molecule has 0 aliphatic carbocycles. The van der Waals surface area contributed by atoms with Crippen molar-refractivity contribution in [3.63, 3.8) is 0 Å². The lowest BCUT2D eigenvalue weighted by Gasteiger charge is -2.16. The van der Waals surface area contributed by atoms with Crippen molar-refractivity contribution in [2.45, 2.75) is 39.2 Å². The van der Waals surface area contributed by atoms with Gasteiger partial charge in [-0.2, -0.15) is 0 Å². The van der Waals surface area contributed by atoms with Crippen molar-refractivity contribution >= 4 is 17.5 Å². The molecule has 5 N–H and O–H groups in total. The molecule has 21 heavy (non-hydrogen) atoms. The first kappa shape index (κ1) is 16.8. The first-order chi connectivity index (χ1) is 9.95. The molecule has 1 aromatic rings. The van der Waals surface area contributed by atoms with E-state index in [4.69, 9.17) is 16.2 Å². The van der Waals surface area contributed by atoms with Crippen LogP contribution in [0.2, 0.25) is 0 Å². The minimum atomic E-state index is -0.730. The molecule has 0 fully saturated rings. The van der Waals surface area contributed by atoms with Crippen LogP contribution in [0.25, 0.3) is 0 Å². The highest BCUT2D eigenvalue weighted by Gasteiger charge is 2.18. The second-order valence-electron chi connectivity index (χ2n) is 4.88. The third kappa shape index (κ3) is 5.33. The Bertz CT molecular complexity index is 503. The number of ether oxygens (including phenoxy) is 1. The average molecular weight is 293 g/mol. The average Bonchev–Trinajstić information content (AvgIpc) is 2.43. The number of anilines is 1. The van der Waals surface area contributed by atoms with E-state index in [0.717, 1.165) is 19.3 Å². The van der Waals surface area contributed by atoms with Crippen LogP contribution in [0.3, 0.4) is 0 Å². The van der Waals surface area contributed by atoms with E-state index in [2.05, 4.69) is 12.2 Å². The zero-order valence-electron chi connectivity index (χ0n) is 12.5. The predicted octanol–water partition coefficient (Wildman–Crippen LogP) is 1.44. The van der Waals surface area contributed by atoms with E-state index < -0.39 is 12.0 Å². The molecule has 6 heteroatoms. The first-order valence-corrected chi connectivity index (χ1v) is 7.09. The van der Waals surface area contributed by atoms with Gasteiger partial charge in [-0.1, -0.05) is 19.8 Å². The molecule has 0 aliphatic heterocycles. The topological polar surface area (TPSA) is 107 Å². The maximum absolute atomic E-state index is 11.9. The number of nitrogens with two attached hydrogens (primary N) is 2. The molecule has 0 saturated carbocycles. The van der Waals surface area contributed by atoms with Crippen molar-refractivity contribution in [1.82, 2.24) is 5.32 Å². The SMILES string of the molecule is CCCCCNC(=O)C(C)Oc1cc(N)ccc1C(N)=O. The number of hydrogen-bond acceptors (Lipinski definition) is 4. The number of hydrogen-bond donors (Lipinski definition) is 3. The van der Waals surface area contributed by atoms with Crippen LogP contribution in [0.1, 0.15) is 43.5 Å². The van der Waals surface area contributed by atoms with Crippen molar-refractivity contribution in [3.8, 4) is 5.75 Å². The normalized spacial score (nSPS) is 11.7. The molecule has 1 unspecified atom stereocenters. The van der Waals surface area contributed by atoms with E-state index in [1.165, 1.54) is 12.1 Å². The maximum Gasteiger partial charge on any atom is 0.260 e. The van der Waals surface area contributed by atoms with Gasteiger partial charge in [-0.25, -0.2) is 0 Å². The summed E-state index contributed by atoms with van der Waals surface area (Å²) in [5.74, 6) is -0.636. The van der Waals surface area contributed by atoms with E-state index in [-0.39, 0.29) is 17.2 Å². The zero-order valence-corrected chi connectivity index (χ0v) is 12.5. The van der Waals surface area contributed by atoms with Gasteiger partial charge in [0.15, 0.2) is 6.10 Å². The van der Waals surface area contributed by atoms with Gasteiger partial charge in [0.05, 0.1) is 5.56 Å². The molecule has 6 nitrogen and oxygen atoms in total. The minimum Gasteiger partial charge on any atom is -0.480 e. The fourth-order valence-corrected chi connectivity index (χ4v) is 1.81. The summed E-state index contributed by atoms with van der Waals surface area (Å²) in [6.07, 6.45) is 2.36. The smallest absolute Gasteiger partial charge is 0.260 e. The van der Waals surface area contributed by atoms with Gasteiger partial charge in [0, 0.05) is 18.3 Å². The van der Waals surface area contributed by atoms with Crippen LogP contribution in [0, 0.1) is 0 Å². The lowest BCUT2D eigenvalue weighted by Crippen LogP contribution is -2.37. The summed E-state index contributed by atoms with van der Waals surface area (Å²) in [6, 6.07) is 4.53. The van der Waals surface area contributed by atoms with Crippen LogP contribution in [-0.2, 0) is 4.79 Å². The summed E-state index contributed by atoms with van der Waals surface area (Å²) < 4.78 is 5.51. The van der Waals surface area contributed by atoms with Crippen molar-refractivity contribution in [1.29, 1.82) is 0 Å². The van der Waals surface area contributed by atoms with Crippen LogP contribution in [0.4, 0.5) is 5.69 Å². The van der Waals surface area contributed by atoms with Crippen molar-refractivity contribution in [2.75, 3.05) is 12.3 Å². The van der Waals surface area contributed by atoms with E-state index in [1.54, 1.807) is 13.0 Å². The van der Waals surface area contributed by atoms with Crippen molar-refractivity contribution in [2.24, 2.45) is 5.73 Å². The maximum atomic E-state index is 11.9. The predicted molar refractivity (Wildman–Crippen MR) is 82.0 cm³/mol. The molecular weight excluding hydrogens is 270 g/mol. The molecular formula is C15H23N3O3. The second kappa shape index (κ2) is 8.14. The van der Waals surface area contributed by atoms with Crippen LogP contribution < -0.4 is 21.5 Å². The summed E-state index contributed by atoms with van der Waals surface area (Å²) in [5.41, 5.74) is 11.6. The Hall–Kier alpha value is -2.24. The number of carbonyl (C=O) groups is 2. The van der Waals surface area contributed by atoms with Gasteiger partial charge >= 0.3 is 0 Å². The Kier molecular flexibility index (Phi) is 6.52. The Balaban J connectivity index is 2.65. The van der Waals surface area contributed by atoms with Gasteiger partial charge in [0.1, 0.15) is 5.75 Å². The molecule has 2 amide bonds. The fourth-order valence-electron chi connectivity index (χ4n) is 1.81. The highest BCUT2D eigenvalue weighted by Crippen LogP contribution is 2.22. The Morgan fingerprint density at radius 3 is 2.67 bits per heavy atom. The van der Waals surface area contributed by atoms with E-state index in [9.17, 15) is 9.59 Å². The molecule has 0 saturated heterocycles. The molecule has 0 aromatic heterocycles. The van der Waals surface area contributed by atoms with E-state index in [0.29, 0.717) is 12.2 Å². The van der Waals surface area contributed by atoms with Crippen LogP contribution in [0.15, 0.2) is 18.2 Å². The molecule has 0 spiro atoms. The number of rotatable bonds is 8. The first-order valence-electron chi connectivity index (χ1n) is 7.09. The number of nitrogen functional groups attached to an aromatic ring is 1. The molecule has 1 atom stereocenters. The summed E-state index contributed by atoms with van der Waals surface area (Å²) >= 11 is 0. The van der Waals surface area contributed by atoms with Gasteiger partial charge in [0.2, 0.25) is 0 Å².